The molecule has 0 bridgehead atoms. The van der Waals surface area contributed by atoms with E-state index in [4.69, 9.17) is 5.11 Å². The molecule has 7 heteroatoms. The Morgan fingerprint density at radius 1 is 1.26 bits per heavy atom. The molecular formula is C12H26N2O4S. The number of hydrogen-bond acceptors (Lipinski definition) is 4. The molecule has 0 rings (SSSR count). The number of unbranched alkanes of at least 4 members (excludes halogenated alkanes) is 1. The monoisotopic (exact) mass is 294 g/mol. The van der Waals surface area contributed by atoms with Gasteiger partial charge in [-0.3, -0.25) is 4.79 Å². The van der Waals surface area contributed by atoms with Crippen molar-refractivity contribution in [3.63, 3.8) is 0 Å². The molecule has 0 aromatic heterocycles. The molecular weight excluding hydrogens is 268 g/mol. The van der Waals surface area contributed by atoms with Crippen LogP contribution in [0.15, 0.2) is 0 Å². The lowest BCUT2D eigenvalue weighted by Gasteiger charge is -2.25. The van der Waals surface area contributed by atoms with Crippen molar-refractivity contribution in [1.29, 1.82) is 0 Å². The summed E-state index contributed by atoms with van der Waals surface area (Å²) in [5.74, 6) is -0.276. The summed E-state index contributed by atoms with van der Waals surface area (Å²) in [4.78, 5) is 13.6. The first-order chi connectivity index (χ1) is 8.87. The zero-order valence-corrected chi connectivity index (χ0v) is 12.9. The van der Waals surface area contributed by atoms with Crippen molar-refractivity contribution >= 4 is 15.9 Å². The number of aliphatic hydroxyl groups is 1. The van der Waals surface area contributed by atoms with E-state index in [2.05, 4.69) is 4.72 Å². The van der Waals surface area contributed by atoms with Gasteiger partial charge in [-0.25, -0.2) is 13.1 Å². The molecule has 0 saturated carbocycles. The standard InChI is InChI=1S/C12H26N2O4S/c1-4-6-7-14(8-9-15)12(16)11(3)13-19(17,18)10-5-2/h11,13,15H,4-10H2,1-3H3. The number of nitrogens with zero attached hydrogens (tertiary/aromatic N) is 1. The van der Waals surface area contributed by atoms with Crippen LogP contribution in [0.1, 0.15) is 40.0 Å². The van der Waals surface area contributed by atoms with E-state index in [1.807, 2.05) is 6.92 Å². The van der Waals surface area contributed by atoms with Gasteiger partial charge < -0.3 is 10.0 Å². The Labute approximate surface area is 116 Å². The van der Waals surface area contributed by atoms with E-state index >= 15 is 0 Å². The van der Waals surface area contributed by atoms with Crippen molar-refractivity contribution in [3.8, 4) is 0 Å². The van der Waals surface area contributed by atoms with Crippen LogP contribution in [0.3, 0.4) is 0 Å². The third-order valence-electron chi connectivity index (χ3n) is 2.66. The Morgan fingerprint density at radius 2 is 1.89 bits per heavy atom. The highest BCUT2D eigenvalue weighted by atomic mass is 32.2. The van der Waals surface area contributed by atoms with Gasteiger partial charge in [0.25, 0.3) is 0 Å². The average Bonchev–Trinajstić information content (AvgIpc) is 2.32. The number of carbonyl (C=O) groups is 1. The van der Waals surface area contributed by atoms with Crippen molar-refractivity contribution in [2.24, 2.45) is 0 Å². The molecule has 1 amide bonds. The summed E-state index contributed by atoms with van der Waals surface area (Å²) in [6.45, 7) is 5.96. The number of rotatable bonds is 10. The van der Waals surface area contributed by atoms with Gasteiger partial charge in [0.1, 0.15) is 0 Å². The van der Waals surface area contributed by atoms with E-state index in [0.717, 1.165) is 12.8 Å². The Balaban J connectivity index is 4.57. The maximum atomic E-state index is 12.1. The molecule has 0 aromatic rings. The average molecular weight is 294 g/mol. The topological polar surface area (TPSA) is 86.7 Å². The van der Waals surface area contributed by atoms with Crippen LogP contribution in [0.5, 0.6) is 0 Å². The van der Waals surface area contributed by atoms with Crippen molar-refractivity contribution in [1.82, 2.24) is 9.62 Å². The summed E-state index contributed by atoms with van der Waals surface area (Å²) in [5, 5.41) is 8.95. The molecule has 6 nitrogen and oxygen atoms in total. The number of carbonyl (C=O) groups excluding carboxylic acids is 1. The van der Waals surface area contributed by atoms with Crippen molar-refractivity contribution in [3.05, 3.63) is 0 Å². The second-order valence-corrected chi connectivity index (χ2v) is 6.43. The summed E-state index contributed by atoms with van der Waals surface area (Å²) in [6, 6.07) is -0.792. The van der Waals surface area contributed by atoms with Crippen molar-refractivity contribution in [2.75, 3.05) is 25.4 Å². The van der Waals surface area contributed by atoms with Crippen LogP contribution < -0.4 is 4.72 Å². The van der Waals surface area contributed by atoms with Crippen LogP contribution in [0, 0.1) is 0 Å². The van der Waals surface area contributed by atoms with Gasteiger partial charge in [0.2, 0.25) is 15.9 Å². The third-order valence-corrected chi connectivity index (χ3v) is 4.32. The minimum atomic E-state index is -3.40. The largest absolute Gasteiger partial charge is 0.395 e. The van der Waals surface area contributed by atoms with Crippen LogP contribution in [-0.2, 0) is 14.8 Å². The SMILES string of the molecule is CCCCN(CCO)C(=O)C(C)NS(=O)(=O)CCC. The van der Waals surface area contributed by atoms with Gasteiger partial charge in [-0.05, 0) is 19.8 Å². The number of hydrogen-bond donors (Lipinski definition) is 2. The van der Waals surface area contributed by atoms with Gasteiger partial charge in [0.05, 0.1) is 18.4 Å². The molecule has 19 heavy (non-hydrogen) atoms. The molecule has 0 saturated heterocycles. The van der Waals surface area contributed by atoms with E-state index in [-0.39, 0.29) is 24.8 Å². The Morgan fingerprint density at radius 3 is 2.37 bits per heavy atom. The molecule has 0 heterocycles. The highest BCUT2D eigenvalue weighted by Gasteiger charge is 2.23. The normalized spacial score (nSPS) is 13.3. The molecule has 2 N–H and O–H groups in total. The van der Waals surface area contributed by atoms with E-state index in [1.54, 1.807) is 6.92 Å². The molecule has 0 aromatic carbocycles. The smallest absolute Gasteiger partial charge is 0.240 e. The lowest BCUT2D eigenvalue weighted by molar-refractivity contribution is -0.133. The zero-order chi connectivity index (χ0) is 14.9. The van der Waals surface area contributed by atoms with Gasteiger partial charge in [0.15, 0.2) is 0 Å². The summed E-state index contributed by atoms with van der Waals surface area (Å²) >= 11 is 0. The van der Waals surface area contributed by atoms with Crippen LogP contribution >= 0.6 is 0 Å². The van der Waals surface area contributed by atoms with Gasteiger partial charge in [-0.1, -0.05) is 20.3 Å². The van der Waals surface area contributed by atoms with Gasteiger partial charge in [-0.15, -0.1) is 0 Å². The van der Waals surface area contributed by atoms with Crippen molar-refractivity contribution < 1.29 is 18.3 Å². The first kappa shape index (κ1) is 18.3. The molecule has 114 valence electrons. The molecule has 0 aliphatic heterocycles. The summed E-state index contributed by atoms with van der Waals surface area (Å²) < 4.78 is 25.6. The van der Waals surface area contributed by atoms with Gasteiger partial charge >= 0.3 is 0 Å². The maximum absolute atomic E-state index is 12.1. The lowest BCUT2D eigenvalue weighted by atomic mass is 10.2. The highest BCUT2D eigenvalue weighted by Crippen LogP contribution is 2.01. The third kappa shape index (κ3) is 7.49. The first-order valence-electron chi connectivity index (χ1n) is 6.77. The van der Waals surface area contributed by atoms with E-state index < -0.39 is 16.1 Å². The molecule has 0 radical (unpaired) electrons. The molecule has 0 fully saturated rings. The maximum Gasteiger partial charge on any atom is 0.240 e. The van der Waals surface area contributed by atoms with Crippen LogP contribution in [0.2, 0.25) is 0 Å². The fourth-order valence-electron chi connectivity index (χ4n) is 1.72. The summed E-state index contributed by atoms with van der Waals surface area (Å²) in [6.07, 6.45) is 2.28. The predicted octanol–water partition coefficient (Wildman–Crippen LogP) is 0.325. The summed E-state index contributed by atoms with van der Waals surface area (Å²) in [5.41, 5.74) is 0. The van der Waals surface area contributed by atoms with Crippen LogP contribution in [-0.4, -0.2) is 55.8 Å². The zero-order valence-electron chi connectivity index (χ0n) is 12.1. The Kier molecular flexibility index (Phi) is 8.95. The molecule has 1 atom stereocenters. The van der Waals surface area contributed by atoms with Gasteiger partial charge in [-0.2, -0.15) is 0 Å². The minimum Gasteiger partial charge on any atom is -0.395 e. The predicted molar refractivity (Wildman–Crippen MR) is 75.2 cm³/mol. The second kappa shape index (κ2) is 9.28. The summed E-state index contributed by atoms with van der Waals surface area (Å²) in [7, 11) is -3.40. The van der Waals surface area contributed by atoms with Crippen LogP contribution in [0.4, 0.5) is 0 Å². The van der Waals surface area contributed by atoms with Crippen LogP contribution in [0.25, 0.3) is 0 Å². The fraction of sp³-hybridized carbons (Fsp3) is 0.917. The first-order valence-corrected chi connectivity index (χ1v) is 8.42. The molecule has 0 spiro atoms. The van der Waals surface area contributed by atoms with Gasteiger partial charge in [0, 0.05) is 13.1 Å². The lowest BCUT2D eigenvalue weighted by Crippen LogP contribution is -2.48. The van der Waals surface area contributed by atoms with E-state index in [0.29, 0.717) is 13.0 Å². The minimum absolute atomic E-state index is 0.0135. The fourth-order valence-corrected chi connectivity index (χ4v) is 3.02. The molecule has 0 aliphatic carbocycles. The van der Waals surface area contributed by atoms with Crippen molar-refractivity contribution in [2.45, 2.75) is 46.1 Å². The van der Waals surface area contributed by atoms with E-state index in [1.165, 1.54) is 11.8 Å². The Bertz CT molecular complexity index is 357. The molecule has 1 unspecified atom stereocenters. The number of nitrogens with one attached hydrogen (secondary N) is 1. The molecule has 0 aliphatic rings. The second-order valence-electron chi connectivity index (χ2n) is 4.56. The highest BCUT2D eigenvalue weighted by molar-refractivity contribution is 7.89. The number of amides is 1. The van der Waals surface area contributed by atoms with E-state index in [9.17, 15) is 13.2 Å². The quantitative estimate of drug-likeness (QED) is 0.608. The Hall–Kier alpha value is -0.660. The number of aliphatic hydroxyl groups excluding tert-OH is 1. The number of sulfonamides is 1.